The zero-order valence-corrected chi connectivity index (χ0v) is 21.0. The van der Waals surface area contributed by atoms with Gasteiger partial charge in [-0.3, -0.25) is 9.80 Å². The summed E-state index contributed by atoms with van der Waals surface area (Å²) >= 11 is 6.57. The second kappa shape index (κ2) is 13.2. The summed E-state index contributed by atoms with van der Waals surface area (Å²) in [5, 5.41) is 12.0. The minimum absolute atomic E-state index is 0. The zero-order chi connectivity index (χ0) is 21.6. The minimum Gasteiger partial charge on any atom is -0.497 e. The number of methoxy groups -OCH3 is 1. The van der Waals surface area contributed by atoms with Crippen molar-refractivity contribution in [2.45, 2.75) is 18.7 Å². The van der Waals surface area contributed by atoms with Gasteiger partial charge in [0.25, 0.3) is 0 Å². The van der Waals surface area contributed by atoms with Gasteiger partial charge in [0.05, 0.1) is 19.3 Å². The second-order valence-corrected chi connectivity index (χ2v) is 8.39. The van der Waals surface area contributed by atoms with E-state index < -0.39 is 6.10 Å². The first kappa shape index (κ1) is 27.5. The third kappa shape index (κ3) is 6.86. The molecule has 7 heteroatoms. The summed E-state index contributed by atoms with van der Waals surface area (Å²) in [6.07, 6.45) is -0.644. The first-order valence-electron chi connectivity index (χ1n) is 10.7. The molecule has 178 valence electrons. The number of hydrogen-bond donors (Lipinski definition) is 1. The average molecular weight is 510 g/mol. The van der Waals surface area contributed by atoms with Crippen molar-refractivity contribution in [1.29, 1.82) is 0 Å². The summed E-state index contributed by atoms with van der Waals surface area (Å²) in [4.78, 5) is 4.82. The van der Waals surface area contributed by atoms with E-state index >= 15 is 0 Å². The van der Waals surface area contributed by atoms with Gasteiger partial charge in [0.15, 0.2) is 0 Å². The van der Waals surface area contributed by atoms with Crippen molar-refractivity contribution in [2.24, 2.45) is 0 Å². The fraction of sp³-hybridized carbons (Fsp3) is 0.308. The highest BCUT2D eigenvalue weighted by Crippen LogP contribution is 2.38. The van der Waals surface area contributed by atoms with E-state index in [1.807, 2.05) is 66.7 Å². The molecule has 0 radical (unpaired) electrons. The summed E-state index contributed by atoms with van der Waals surface area (Å²) in [6.45, 7) is 4.53. The standard InChI is InChI=1S/C26H29ClN2O2.2ClH/c1-31-22-13-11-20(12-14-22)19-28-15-17-29(18-16-28)25(23-9-5-6-10-24(23)27)26(30)21-7-3-2-4-8-21;;/h2-14,25-26,30H,15-19H2,1H3;2*1H. The van der Waals surface area contributed by atoms with Crippen molar-refractivity contribution in [3.8, 4) is 5.75 Å². The molecule has 3 aromatic rings. The summed E-state index contributed by atoms with van der Waals surface area (Å²) in [7, 11) is 1.69. The lowest BCUT2D eigenvalue weighted by molar-refractivity contribution is 0.0149. The van der Waals surface area contributed by atoms with Crippen LogP contribution in [0.5, 0.6) is 5.75 Å². The van der Waals surface area contributed by atoms with Crippen molar-refractivity contribution in [2.75, 3.05) is 33.3 Å². The highest BCUT2D eigenvalue weighted by atomic mass is 35.5. The maximum atomic E-state index is 11.3. The van der Waals surface area contributed by atoms with Crippen LogP contribution in [0.15, 0.2) is 78.9 Å². The molecule has 1 aliphatic rings. The van der Waals surface area contributed by atoms with Gasteiger partial charge in [-0.1, -0.05) is 72.3 Å². The molecule has 4 nitrogen and oxygen atoms in total. The fourth-order valence-corrected chi connectivity index (χ4v) is 4.55. The molecule has 2 atom stereocenters. The monoisotopic (exact) mass is 508 g/mol. The number of rotatable bonds is 7. The van der Waals surface area contributed by atoms with E-state index in [4.69, 9.17) is 16.3 Å². The van der Waals surface area contributed by atoms with Crippen LogP contribution in [0, 0.1) is 0 Å². The van der Waals surface area contributed by atoms with E-state index in [9.17, 15) is 5.11 Å². The van der Waals surface area contributed by atoms with Crippen LogP contribution in [0.4, 0.5) is 0 Å². The topological polar surface area (TPSA) is 35.9 Å². The predicted molar refractivity (Wildman–Crippen MR) is 140 cm³/mol. The Hall–Kier alpha value is -1.79. The third-order valence-corrected chi connectivity index (χ3v) is 6.37. The number of aliphatic hydroxyl groups excluding tert-OH is 1. The molecule has 0 aliphatic carbocycles. The van der Waals surface area contributed by atoms with E-state index in [2.05, 4.69) is 21.9 Å². The van der Waals surface area contributed by atoms with Crippen LogP contribution >= 0.6 is 36.4 Å². The SMILES string of the molecule is COc1ccc(CN2CCN(C(c3ccccc3Cl)C(O)c3ccccc3)CC2)cc1.Cl.Cl. The number of aliphatic hydroxyl groups is 1. The normalized spacial score (nSPS) is 16.2. The molecule has 1 aliphatic heterocycles. The van der Waals surface area contributed by atoms with E-state index in [1.54, 1.807) is 7.11 Å². The lowest BCUT2D eigenvalue weighted by Crippen LogP contribution is -2.48. The van der Waals surface area contributed by atoms with Gasteiger partial charge in [0.2, 0.25) is 0 Å². The van der Waals surface area contributed by atoms with Crippen molar-refractivity contribution >= 4 is 36.4 Å². The highest BCUT2D eigenvalue weighted by Gasteiger charge is 2.32. The smallest absolute Gasteiger partial charge is 0.118 e. The van der Waals surface area contributed by atoms with E-state index in [0.717, 1.165) is 49.6 Å². The second-order valence-electron chi connectivity index (χ2n) is 7.98. The largest absolute Gasteiger partial charge is 0.497 e. The number of nitrogens with zero attached hydrogens (tertiary/aromatic N) is 2. The maximum Gasteiger partial charge on any atom is 0.118 e. The molecule has 1 N–H and O–H groups in total. The molecular weight excluding hydrogens is 479 g/mol. The van der Waals surface area contributed by atoms with Gasteiger partial charge in [-0.05, 0) is 34.9 Å². The quantitative estimate of drug-likeness (QED) is 0.438. The summed E-state index contributed by atoms with van der Waals surface area (Å²) in [6, 6.07) is 25.8. The van der Waals surface area contributed by atoms with Gasteiger partial charge in [-0.25, -0.2) is 0 Å². The molecular formula is C26H31Cl3N2O2. The Kier molecular flexibility index (Phi) is 11.0. The minimum atomic E-state index is -0.644. The molecule has 3 aromatic carbocycles. The van der Waals surface area contributed by atoms with Crippen molar-refractivity contribution in [3.63, 3.8) is 0 Å². The summed E-state index contributed by atoms with van der Waals surface area (Å²) in [5.41, 5.74) is 3.17. The van der Waals surface area contributed by atoms with Crippen molar-refractivity contribution < 1.29 is 9.84 Å². The van der Waals surface area contributed by atoms with Crippen molar-refractivity contribution in [1.82, 2.24) is 9.80 Å². The highest BCUT2D eigenvalue weighted by molar-refractivity contribution is 6.31. The number of hydrogen-bond acceptors (Lipinski definition) is 4. The summed E-state index contributed by atoms with van der Waals surface area (Å²) in [5.74, 6) is 0.881. The molecule has 1 saturated heterocycles. The Balaban J connectivity index is 0.00000193. The Bertz CT molecular complexity index is 965. The van der Waals surface area contributed by atoms with Crippen LogP contribution in [-0.4, -0.2) is 48.2 Å². The molecule has 33 heavy (non-hydrogen) atoms. The third-order valence-electron chi connectivity index (χ3n) is 6.03. The van der Waals surface area contributed by atoms with Crippen LogP contribution < -0.4 is 4.74 Å². The summed E-state index contributed by atoms with van der Waals surface area (Å²) < 4.78 is 5.26. The molecule has 1 heterocycles. The van der Waals surface area contributed by atoms with E-state index in [1.165, 1.54) is 5.56 Å². The Morgan fingerprint density at radius 1 is 0.848 bits per heavy atom. The first-order chi connectivity index (χ1) is 15.2. The van der Waals surface area contributed by atoms with Gasteiger partial charge < -0.3 is 9.84 Å². The lowest BCUT2D eigenvalue weighted by atomic mass is 9.93. The zero-order valence-electron chi connectivity index (χ0n) is 18.6. The average Bonchev–Trinajstić information content (AvgIpc) is 2.82. The van der Waals surface area contributed by atoms with Crippen LogP contribution in [0.2, 0.25) is 5.02 Å². The van der Waals surface area contributed by atoms with Crippen LogP contribution in [-0.2, 0) is 6.54 Å². The fourth-order valence-electron chi connectivity index (χ4n) is 4.30. The molecule has 4 rings (SSSR count). The van der Waals surface area contributed by atoms with Crippen molar-refractivity contribution in [3.05, 3.63) is 101 Å². The van der Waals surface area contributed by atoms with Gasteiger partial charge in [0, 0.05) is 37.7 Å². The van der Waals surface area contributed by atoms with Gasteiger partial charge in [0.1, 0.15) is 5.75 Å². The molecule has 1 fully saturated rings. The van der Waals surface area contributed by atoms with Gasteiger partial charge in [-0.2, -0.15) is 0 Å². The number of ether oxygens (including phenoxy) is 1. The molecule has 0 amide bonds. The Labute approximate surface area is 213 Å². The number of benzene rings is 3. The molecule has 0 aromatic heterocycles. The molecule has 0 bridgehead atoms. The van der Waals surface area contributed by atoms with Crippen LogP contribution in [0.1, 0.15) is 28.8 Å². The number of halogens is 3. The number of piperazine rings is 1. The Morgan fingerprint density at radius 2 is 1.45 bits per heavy atom. The first-order valence-corrected chi connectivity index (χ1v) is 11.1. The lowest BCUT2D eigenvalue weighted by Gasteiger charge is -2.41. The maximum absolute atomic E-state index is 11.3. The molecule has 0 saturated carbocycles. The van der Waals surface area contributed by atoms with E-state index in [-0.39, 0.29) is 30.9 Å². The van der Waals surface area contributed by atoms with Crippen LogP contribution in [0.25, 0.3) is 0 Å². The van der Waals surface area contributed by atoms with Gasteiger partial charge in [-0.15, -0.1) is 24.8 Å². The van der Waals surface area contributed by atoms with Gasteiger partial charge >= 0.3 is 0 Å². The van der Waals surface area contributed by atoms with Crippen LogP contribution in [0.3, 0.4) is 0 Å². The molecule has 0 spiro atoms. The Morgan fingerprint density at radius 3 is 2.06 bits per heavy atom. The predicted octanol–water partition coefficient (Wildman–Crippen LogP) is 5.78. The molecule has 2 unspecified atom stereocenters. The van der Waals surface area contributed by atoms with E-state index in [0.29, 0.717) is 5.02 Å².